The lowest BCUT2D eigenvalue weighted by Crippen LogP contribution is -2.23. The van der Waals surface area contributed by atoms with Crippen LogP contribution in [0.2, 0.25) is 0 Å². The van der Waals surface area contributed by atoms with Crippen molar-refractivity contribution in [1.82, 2.24) is 10.9 Å². The number of carbonyl (C=O) groups excluding carboxylic acids is 2. The van der Waals surface area contributed by atoms with Gasteiger partial charge in [-0.2, -0.15) is 10.2 Å². The lowest BCUT2D eigenvalue weighted by Gasteiger charge is -2.01. The molecule has 2 amide bonds. The number of fused-ring (bicyclic) bond motifs is 2. The quantitative estimate of drug-likeness (QED) is 0.469. The highest BCUT2D eigenvalue weighted by atomic mass is 32.2. The van der Waals surface area contributed by atoms with E-state index in [4.69, 9.17) is 18.9 Å². The van der Waals surface area contributed by atoms with Crippen LogP contribution in [0.1, 0.15) is 11.1 Å². The molecule has 0 fully saturated rings. The molecule has 0 aliphatic carbocycles. The number of hydrogen-bond donors (Lipinski definition) is 2. The summed E-state index contributed by atoms with van der Waals surface area (Å²) in [6, 6.07) is 10.7. The normalized spacial score (nSPS) is 13.7. The Balaban J connectivity index is 1.13. The molecule has 2 aromatic rings. The zero-order chi connectivity index (χ0) is 21.5. The number of thioether (sulfide) groups is 1. The molecule has 0 bridgehead atoms. The van der Waals surface area contributed by atoms with E-state index in [0.29, 0.717) is 23.0 Å². The fourth-order valence-corrected chi connectivity index (χ4v) is 3.25. The van der Waals surface area contributed by atoms with Crippen LogP contribution in [-0.4, -0.2) is 49.3 Å². The minimum atomic E-state index is -0.321. The number of hydrogen-bond acceptors (Lipinski definition) is 9. The summed E-state index contributed by atoms with van der Waals surface area (Å²) in [5, 5.41) is 7.79. The SMILES string of the molecule is O=C(CSCC(=O)N/N=C/c1ccc2c(c1)OCO2)N/N=C/c1ccc2c(c1)OCO2. The second-order valence-electron chi connectivity index (χ2n) is 6.30. The molecule has 0 unspecified atom stereocenters. The minimum Gasteiger partial charge on any atom is -0.454 e. The average molecular weight is 442 g/mol. The molecule has 160 valence electrons. The monoisotopic (exact) mass is 442 g/mol. The molecule has 4 rings (SSSR count). The Labute approximate surface area is 181 Å². The van der Waals surface area contributed by atoms with Crippen molar-refractivity contribution in [3.05, 3.63) is 47.5 Å². The van der Waals surface area contributed by atoms with Gasteiger partial charge in [0.1, 0.15) is 0 Å². The van der Waals surface area contributed by atoms with Crippen LogP contribution in [-0.2, 0) is 9.59 Å². The van der Waals surface area contributed by atoms with Gasteiger partial charge in [-0.15, -0.1) is 11.8 Å². The van der Waals surface area contributed by atoms with Crippen molar-refractivity contribution in [3.8, 4) is 23.0 Å². The number of benzene rings is 2. The fourth-order valence-electron chi connectivity index (χ4n) is 2.65. The smallest absolute Gasteiger partial charge is 0.250 e. The number of amides is 2. The molecule has 31 heavy (non-hydrogen) atoms. The minimum absolute atomic E-state index is 0.0811. The molecule has 0 saturated heterocycles. The van der Waals surface area contributed by atoms with Gasteiger partial charge in [0.15, 0.2) is 23.0 Å². The van der Waals surface area contributed by atoms with Gasteiger partial charge in [0.2, 0.25) is 25.4 Å². The van der Waals surface area contributed by atoms with Crippen molar-refractivity contribution >= 4 is 36.0 Å². The third-order valence-electron chi connectivity index (χ3n) is 4.07. The molecular formula is C20H18N4O6S. The number of carbonyl (C=O) groups is 2. The van der Waals surface area contributed by atoms with Crippen LogP contribution in [0.4, 0.5) is 0 Å². The third kappa shape index (κ3) is 5.66. The summed E-state index contributed by atoms with van der Waals surface area (Å²) in [4.78, 5) is 23.6. The van der Waals surface area contributed by atoms with E-state index in [1.54, 1.807) is 36.4 Å². The van der Waals surface area contributed by atoms with Crippen molar-refractivity contribution in [2.75, 3.05) is 25.1 Å². The molecule has 2 aliphatic rings. The first kappa shape index (κ1) is 20.5. The van der Waals surface area contributed by atoms with Crippen molar-refractivity contribution in [3.63, 3.8) is 0 Å². The molecule has 2 N–H and O–H groups in total. The van der Waals surface area contributed by atoms with Gasteiger partial charge in [-0.1, -0.05) is 0 Å². The predicted octanol–water partition coefficient (Wildman–Crippen LogP) is 1.48. The molecule has 0 saturated carbocycles. The Morgan fingerprint density at radius 2 is 1.23 bits per heavy atom. The van der Waals surface area contributed by atoms with Crippen molar-refractivity contribution in [1.29, 1.82) is 0 Å². The van der Waals surface area contributed by atoms with E-state index in [0.717, 1.165) is 22.9 Å². The first-order valence-corrected chi connectivity index (χ1v) is 10.3. The first-order valence-electron chi connectivity index (χ1n) is 9.18. The number of rotatable bonds is 8. The molecule has 2 aromatic carbocycles. The molecule has 2 heterocycles. The third-order valence-corrected chi connectivity index (χ3v) is 5.00. The van der Waals surface area contributed by atoms with Crippen LogP contribution in [0.3, 0.4) is 0 Å². The molecule has 2 aliphatic heterocycles. The van der Waals surface area contributed by atoms with Gasteiger partial charge in [0.05, 0.1) is 23.9 Å². The molecule has 0 radical (unpaired) electrons. The number of ether oxygens (including phenoxy) is 4. The Bertz CT molecular complexity index is 961. The van der Waals surface area contributed by atoms with Gasteiger partial charge >= 0.3 is 0 Å². The number of nitrogens with one attached hydrogen (secondary N) is 2. The number of nitrogens with zero attached hydrogens (tertiary/aromatic N) is 2. The maximum Gasteiger partial charge on any atom is 0.250 e. The highest BCUT2D eigenvalue weighted by molar-refractivity contribution is 8.00. The highest BCUT2D eigenvalue weighted by Gasteiger charge is 2.13. The predicted molar refractivity (Wildman–Crippen MR) is 114 cm³/mol. The Kier molecular flexibility index (Phi) is 6.53. The van der Waals surface area contributed by atoms with Crippen LogP contribution < -0.4 is 29.8 Å². The summed E-state index contributed by atoms with van der Waals surface area (Å²) in [6.45, 7) is 0.391. The zero-order valence-corrected chi connectivity index (χ0v) is 17.0. The van der Waals surface area contributed by atoms with Gasteiger partial charge in [-0.25, -0.2) is 10.9 Å². The van der Waals surface area contributed by atoms with Gasteiger partial charge in [0, 0.05) is 0 Å². The standard InChI is InChI=1S/C20H18N4O6S/c25-19(23-21-7-13-1-3-15-17(5-13)29-11-27-15)9-31-10-20(26)24-22-8-14-2-4-16-18(6-14)30-12-28-16/h1-8H,9-12H2,(H,23,25)(H,24,26)/b21-7+,22-8+. The van der Waals surface area contributed by atoms with E-state index in [1.165, 1.54) is 12.4 Å². The summed E-state index contributed by atoms with van der Waals surface area (Å²) in [5.74, 6) is 2.15. The fraction of sp³-hybridized carbons (Fsp3) is 0.200. The zero-order valence-electron chi connectivity index (χ0n) is 16.2. The highest BCUT2D eigenvalue weighted by Crippen LogP contribution is 2.32. The Morgan fingerprint density at radius 1 is 0.774 bits per heavy atom. The van der Waals surface area contributed by atoms with Crippen LogP contribution in [0.25, 0.3) is 0 Å². The Morgan fingerprint density at radius 3 is 1.71 bits per heavy atom. The summed E-state index contributed by atoms with van der Waals surface area (Å²) >= 11 is 1.15. The summed E-state index contributed by atoms with van der Waals surface area (Å²) in [6.07, 6.45) is 3.00. The maximum absolute atomic E-state index is 11.8. The van der Waals surface area contributed by atoms with E-state index in [-0.39, 0.29) is 36.9 Å². The van der Waals surface area contributed by atoms with Gasteiger partial charge < -0.3 is 18.9 Å². The lowest BCUT2D eigenvalue weighted by molar-refractivity contribution is -0.118. The summed E-state index contributed by atoms with van der Waals surface area (Å²) < 4.78 is 21.0. The van der Waals surface area contributed by atoms with E-state index in [2.05, 4.69) is 21.1 Å². The largest absolute Gasteiger partial charge is 0.454 e. The molecule has 11 heteroatoms. The first-order chi connectivity index (χ1) is 15.2. The Hall–Kier alpha value is -3.73. The van der Waals surface area contributed by atoms with Gasteiger partial charge in [-0.05, 0) is 47.5 Å². The molecule has 10 nitrogen and oxygen atoms in total. The van der Waals surface area contributed by atoms with Crippen LogP contribution in [0.5, 0.6) is 23.0 Å². The molecular weight excluding hydrogens is 424 g/mol. The molecule has 0 spiro atoms. The van der Waals surface area contributed by atoms with Gasteiger partial charge in [0.25, 0.3) is 0 Å². The van der Waals surface area contributed by atoms with Crippen molar-refractivity contribution in [2.24, 2.45) is 10.2 Å². The summed E-state index contributed by atoms with van der Waals surface area (Å²) in [5.41, 5.74) is 6.35. The number of hydrazone groups is 2. The summed E-state index contributed by atoms with van der Waals surface area (Å²) in [7, 11) is 0. The van der Waals surface area contributed by atoms with Crippen molar-refractivity contribution < 1.29 is 28.5 Å². The van der Waals surface area contributed by atoms with Crippen LogP contribution in [0, 0.1) is 0 Å². The lowest BCUT2D eigenvalue weighted by atomic mass is 10.2. The van der Waals surface area contributed by atoms with Crippen LogP contribution in [0.15, 0.2) is 46.6 Å². The topological polar surface area (TPSA) is 120 Å². The van der Waals surface area contributed by atoms with E-state index >= 15 is 0 Å². The van der Waals surface area contributed by atoms with Crippen LogP contribution >= 0.6 is 11.8 Å². The molecule has 0 aromatic heterocycles. The van der Waals surface area contributed by atoms with Gasteiger partial charge in [-0.3, -0.25) is 9.59 Å². The second kappa shape index (κ2) is 9.85. The van der Waals surface area contributed by atoms with E-state index in [9.17, 15) is 9.59 Å². The van der Waals surface area contributed by atoms with E-state index in [1.807, 2.05) is 0 Å². The second-order valence-corrected chi connectivity index (χ2v) is 7.29. The molecule has 0 atom stereocenters. The van der Waals surface area contributed by atoms with Crippen molar-refractivity contribution in [2.45, 2.75) is 0 Å². The average Bonchev–Trinajstić information content (AvgIpc) is 3.42. The maximum atomic E-state index is 11.8. The van der Waals surface area contributed by atoms with E-state index < -0.39 is 0 Å².